The molecule has 2 aliphatic rings. The van der Waals surface area contributed by atoms with Gasteiger partial charge in [0.05, 0.1) is 22.8 Å². The van der Waals surface area contributed by atoms with Crippen LogP contribution >= 0.6 is 0 Å². The molecule has 2 aliphatic heterocycles. The Labute approximate surface area is 487 Å². The Morgan fingerprint density at radius 1 is 0.238 bits per heavy atom. The zero-order valence-corrected chi connectivity index (χ0v) is 45.3. The van der Waals surface area contributed by atoms with Gasteiger partial charge in [-0.2, -0.15) is 0 Å². The van der Waals surface area contributed by atoms with E-state index in [0.29, 0.717) is 22.7 Å². The number of H-pyrrole nitrogens is 2. The average molecular weight is 1080 g/mol. The van der Waals surface area contributed by atoms with E-state index in [2.05, 4.69) is 154 Å². The van der Waals surface area contributed by atoms with E-state index in [-0.39, 0.29) is 0 Å². The van der Waals surface area contributed by atoms with Gasteiger partial charge in [-0.3, -0.25) is 0 Å². The fourth-order valence-corrected chi connectivity index (χ4v) is 10.3. The van der Waals surface area contributed by atoms with E-state index in [1.165, 1.54) is 0 Å². The molecule has 0 aliphatic carbocycles. The molecular weight excluding hydrogens is 1020 g/mol. The Morgan fingerprint density at radius 3 is 0.667 bits per heavy atom. The third-order valence-electron chi connectivity index (χ3n) is 14.4. The molecule has 8 aromatic carbocycles. The molecule has 0 atom stereocenters. The molecule has 0 saturated carbocycles. The van der Waals surface area contributed by atoms with Crippen molar-refractivity contribution in [1.82, 2.24) is 19.9 Å². The van der Waals surface area contributed by atoms with Crippen molar-refractivity contribution in [2.45, 2.75) is 0 Å². The van der Waals surface area contributed by atoms with Crippen molar-refractivity contribution in [2.75, 3.05) is 22.9 Å². The first-order valence-electron chi connectivity index (χ1n) is 27.3. The van der Waals surface area contributed by atoms with Gasteiger partial charge in [0.25, 0.3) is 0 Å². The Morgan fingerprint density at radius 2 is 0.452 bits per heavy atom. The molecule has 0 saturated heterocycles. The van der Waals surface area contributed by atoms with Gasteiger partial charge in [-0.15, -0.1) is 0 Å². The van der Waals surface area contributed by atoms with E-state index >= 15 is 0 Å². The lowest BCUT2D eigenvalue weighted by Gasteiger charge is -2.07. The highest BCUT2D eigenvalue weighted by atomic mass is 14.8. The van der Waals surface area contributed by atoms with Gasteiger partial charge in [0.1, 0.15) is 0 Å². The number of hydrogen-bond donors (Lipinski definition) is 6. The van der Waals surface area contributed by atoms with Crippen LogP contribution in [0.3, 0.4) is 0 Å². The van der Waals surface area contributed by atoms with Gasteiger partial charge in [0, 0.05) is 112 Å². The third kappa shape index (κ3) is 11.2. The van der Waals surface area contributed by atoms with E-state index in [0.717, 1.165) is 134 Å². The highest BCUT2D eigenvalue weighted by Gasteiger charge is 2.19. The predicted octanol–water partition coefficient (Wildman–Crippen LogP) is 15.3. The molecule has 394 valence electrons. The number of rotatable bonds is 4. The van der Waals surface area contributed by atoms with Crippen molar-refractivity contribution >= 4 is 69.1 Å². The summed E-state index contributed by atoms with van der Waals surface area (Å²) in [6, 6.07) is 72.1. The van der Waals surface area contributed by atoms with Crippen molar-refractivity contribution < 1.29 is 0 Å². The minimum Gasteiger partial charge on any atom is -0.399 e. The molecule has 11 aromatic rings. The molecule has 3 aromatic heterocycles. The summed E-state index contributed by atoms with van der Waals surface area (Å²) in [7, 11) is 0. The molecule has 13 rings (SSSR count). The summed E-state index contributed by atoms with van der Waals surface area (Å²) in [5.74, 6) is 26.4. The maximum atomic E-state index is 6.09. The first-order chi connectivity index (χ1) is 41.2. The number of hydrogen-bond acceptors (Lipinski definition) is 6. The molecule has 0 spiro atoms. The second-order valence-corrected chi connectivity index (χ2v) is 20.3. The lowest BCUT2D eigenvalue weighted by molar-refractivity contribution is 1.31. The standard InChI is InChI=1S/C76H50N8/c77-61-9-1-5-53(45-61)17-13-49-21-29-57(30-22-49)73-65-37-39-67(81-65)74(58-31-23-50(24-32-58)14-18-54-6-2-10-62(78)46-54)69-41-43-71(83-69)76(60-35-27-52(28-36-60)16-20-56-8-4-12-64(80)48-56)72-44-42-70(84-72)75(68-40-38-66(73)82-68)59-33-25-51(26-34-59)15-19-55-7-3-11-63(79)47-55/h1-12,21-48,81,84H,77-80H2. The van der Waals surface area contributed by atoms with E-state index in [9.17, 15) is 0 Å². The Hall–Kier alpha value is -12.2. The Bertz CT molecular complexity index is 4310. The molecule has 10 N–H and O–H groups in total. The highest BCUT2D eigenvalue weighted by molar-refractivity contribution is 6.00. The number of nitrogens with one attached hydrogen (secondary N) is 2. The maximum absolute atomic E-state index is 6.09. The number of nitrogens with two attached hydrogens (primary N) is 4. The summed E-state index contributed by atoms with van der Waals surface area (Å²) >= 11 is 0. The maximum Gasteiger partial charge on any atom is 0.0737 e. The van der Waals surface area contributed by atoms with E-state index in [4.69, 9.17) is 32.9 Å². The molecule has 84 heavy (non-hydrogen) atoms. The minimum absolute atomic E-state index is 0.669. The van der Waals surface area contributed by atoms with Crippen LogP contribution in [0.1, 0.15) is 67.3 Å². The van der Waals surface area contributed by atoms with Crippen molar-refractivity contribution in [2.24, 2.45) is 0 Å². The van der Waals surface area contributed by atoms with E-state index < -0.39 is 0 Å². The van der Waals surface area contributed by atoms with Gasteiger partial charge in [0.15, 0.2) is 0 Å². The number of nitrogen functional groups attached to an aromatic ring is 4. The monoisotopic (exact) mass is 1070 g/mol. The zero-order chi connectivity index (χ0) is 56.9. The topological polar surface area (TPSA) is 161 Å². The molecule has 8 heteroatoms. The molecule has 8 nitrogen and oxygen atoms in total. The third-order valence-corrected chi connectivity index (χ3v) is 14.4. The molecule has 5 heterocycles. The number of aromatic nitrogens is 4. The largest absolute Gasteiger partial charge is 0.399 e. The molecule has 0 radical (unpaired) electrons. The number of nitrogens with zero attached hydrogens (tertiary/aromatic N) is 2. The SMILES string of the molecule is Nc1cccc(C#Cc2ccc(-c3c4nc(c(-c5ccc(C#Cc6cccc(N)c6)cc5)c5ccc([nH]5)c(-c5ccc(C#Cc6cccc(N)c6)cc5)c5nc(c(-c6ccc(C#Cc7cccc(N)c7)cc6)c6ccc3[nH]6)C=C5)C=C4)cc2)c1. The van der Waals surface area contributed by atoms with Gasteiger partial charge < -0.3 is 32.9 Å². The lowest BCUT2D eigenvalue weighted by atomic mass is 10.0. The van der Waals surface area contributed by atoms with Crippen LogP contribution in [-0.4, -0.2) is 19.9 Å². The summed E-state index contributed by atoms with van der Waals surface area (Å²) in [6.07, 6.45) is 8.39. The zero-order valence-electron chi connectivity index (χ0n) is 45.3. The summed E-state index contributed by atoms with van der Waals surface area (Å²) in [4.78, 5) is 18.9. The first-order valence-corrected chi connectivity index (χ1v) is 27.3. The number of fused-ring (bicyclic) bond motifs is 8. The number of aromatic amines is 2. The van der Waals surface area contributed by atoms with Crippen LogP contribution in [0.5, 0.6) is 0 Å². The fraction of sp³-hybridized carbons (Fsp3) is 0. The van der Waals surface area contributed by atoms with Crippen molar-refractivity contribution in [3.8, 4) is 91.9 Å². The molecule has 8 bridgehead atoms. The quantitative estimate of drug-likeness (QED) is 0.0760. The van der Waals surface area contributed by atoms with Gasteiger partial charge >= 0.3 is 0 Å². The molecule has 0 fully saturated rings. The summed E-state index contributed by atoms with van der Waals surface area (Å²) in [6.45, 7) is 0. The fourth-order valence-electron chi connectivity index (χ4n) is 10.3. The number of anilines is 4. The van der Waals surface area contributed by atoms with Gasteiger partial charge in [-0.25, -0.2) is 9.97 Å². The summed E-state index contributed by atoms with van der Waals surface area (Å²) < 4.78 is 0. The molecule has 0 unspecified atom stereocenters. The van der Waals surface area contributed by atoms with Gasteiger partial charge in [0.2, 0.25) is 0 Å². The first kappa shape index (κ1) is 51.3. The van der Waals surface area contributed by atoms with Crippen LogP contribution in [-0.2, 0) is 0 Å². The molecule has 0 amide bonds. The smallest absolute Gasteiger partial charge is 0.0737 e. The van der Waals surface area contributed by atoms with Gasteiger partial charge in [-0.05, 0) is 192 Å². The van der Waals surface area contributed by atoms with Crippen molar-refractivity contribution in [3.63, 3.8) is 0 Å². The van der Waals surface area contributed by atoms with E-state index in [1.54, 1.807) is 0 Å². The van der Waals surface area contributed by atoms with Crippen LogP contribution in [0.15, 0.2) is 218 Å². The number of benzene rings is 8. The normalized spacial score (nSPS) is 11.0. The lowest BCUT2D eigenvalue weighted by Crippen LogP contribution is -1.90. The Kier molecular flexibility index (Phi) is 13.7. The highest BCUT2D eigenvalue weighted by Crippen LogP contribution is 2.39. The summed E-state index contributed by atoms with van der Waals surface area (Å²) in [5, 5.41) is 0. The molecular formula is C76H50N8. The van der Waals surface area contributed by atoms with Crippen LogP contribution in [0.4, 0.5) is 22.7 Å². The van der Waals surface area contributed by atoms with Gasteiger partial charge in [-0.1, -0.05) is 120 Å². The average Bonchev–Trinajstić information content (AvgIpc) is 3.65. The van der Waals surface area contributed by atoms with Crippen LogP contribution in [0, 0.1) is 47.4 Å². The van der Waals surface area contributed by atoms with Crippen molar-refractivity contribution in [1.29, 1.82) is 0 Å². The van der Waals surface area contributed by atoms with Crippen LogP contribution in [0.2, 0.25) is 0 Å². The summed E-state index contributed by atoms with van der Waals surface area (Å²) in [5.41, 5.74) is 47.9. The predicted molar refractivity (Wildman–Crippen MR) is 348 cm³/mol. The van der Waals surface area contributed by atoms with E-state index in [1.807, 2.05) is 146 Å². The Balaban J connectivity index is 1.03. The second kappa shape index (κ2) is 22.5. The minimum atomic E-state index is 0.669. The van der Waals surface area contributed by atoms with Crippen molar-refractivity contribution in [3.05, 3.63) is 286 Å². The van der Waals surface area contributed by atoms with Crippen LogP contribution in [0.25, 0.3) is 90.9 Å². The second-order valence-electron chi connectivity index (χ2n) is 20.3. The van der Waals surface area contributed by atoms with Crippen LogP contribution < -0.4 is 22.9 Å².